The molecule has 4 heterocycles. The third kappa shape index (κ3) is 3.33. The largest absolute Gasteiger partial charge is 0.357 e. The predicted octanol–water partition coefficient (Wildman–Crippen LogP) is 8.92. The Labute approximate surface area is 259 Å². The van der Waals surface area contributed by atoms with E-state index in [-0.39, 0.29) is 0 Å². The minimum Gasteiger partial charge on any atom is -0.276 e. The number of rotatable bonds is 2. The van der Waals surface area contributed by atoms with Crippen molar-refractivity contribution >= 4 is 80.8 Å². The average Bonchev–Trinajstić information content (AvgIpc) is 3.65. The molecular weight excluding hydrogens is 575 g/mol. The molecule has 0 spiro atoms. The topological polar surface area (TPSA) is 65.1 Å². The number of hydrogen-bond acceptors (Lipinski definition) is 5. The van der Waals surface area contributed by atoms with Gasteiger partial charge in [0.1, 0.15) is 5.69 Å². The van der Waals surface area contributed by atoms with Crippen molar-refractivity contribution in [2.24, 2.45) is 0 Å². The lowest BCUT2D eigenvalue weighted by Gasteiger charge is -2.13. The van der Waals surface area contributed by atoms with E-state index in [1.54, 1.807) is 15.7 Å². The van der Waals surface area contributed by atoms with Gasteiger partial charge in [-0.3, -0.25) is 4.57 Å². The van der Waals surface area contributed by atoms with E-state index < -0.39 is 5.69 Å². The molecule has 6 nitrogen and oxygen atoms in total. The number of aromatic nitrogens is 5. The molecule has 10 rings (SSSR count). The molecule has 0 bridgehead atoms. The second-order valence-electron chi connectivity index (χ2n) is 11.2. The molecule has 0 radical (unpaired) electrons. The Kier molecular flexibility index (Phi) is 4.93. The summed E-state index contributed by atoms with van der Waals surface area (Å²) < 4.78 is 6.03. The van der Waals surface area contributed by atoms with Crippen molar-refractivity contribution in [1.82, 2.24) is 23.9 Å². The van der Waals surface area contributed by atoms with Crippen molar-refractivity contribution < 1.29 is 0 Å². The molecule has 0 unspecified atom stereocenters. The number of nitrogens with zero attached hydrogens (tertiary/aromatic N) is 5. The van der Waals surface area contributed by atoms with Crippen LogP contribution in [0.15, 0.2) is 132 Å². The minimum atomic E-state index is -0.398. The van der Waals surface area contributed by atoms with Gasteiger partial charge in [0.2, 0.25) is 5.95 Å². The number of thiophene rings is 1. The van der Waals surface area contributed by atoms with E-state index in [1.165, 1.54) is 20.9 Å². The van der Waals surface area contributed by atoms with Gasteiger partial charge in [-0.15, -0.1) is 11.3 Å². The van der Waals surface area contributed by atoms with Gasteiger partial charge in [0.05, 0.1) is 26.8 Å². The smallest absolute Gasteiger partial charge is 0.276 e. The van der Waals surface area contributed by atoms with E-state index in [1.807, 2.05) is 60.7 Å². The van der Waals surface area contributed by atoms with Crippen molar-refractivity contribution in [1.29, 1.82) is 0 Å². The SMILES string of the molecule is O=c1nc(-n2c3ccccc3c3c4ccccc4c4c5ccccc5sc4c32)nc2c(-c3ccccc3)nc3ccccc3n12. The first-order valence-corrected chi connectivity index (χ1v) is 15.6. The number of fused-ring (bicyclic) bond motifs is 13. The lowest BCUT2D eigenvalue weighted by Crippen LogP contribution is -2.23. The van der Waals surface area contributed by atoms with Crippen LogP contribution in [0.3, 0.4) is 0 Å². The zero-order valence-corrected chi connectivity index (χ0v) is 24.5. The van der Waals surface area contributed by atoms with Crippen LogP contribution in [0.1, 0.15) is 0 Å². The maximum Gasteiger partial charge on any atom is 0.357 e. The molecule has 10 aromatic rings. The van der Waals surface area contributed by atoms with E-state index in [9.17, 15) is 4.79 Å². The van der Waals surface area contributed by atoms with Crippen LogP contribution in [0.2, 0.25) is 0 Å². The summed E-state index contributed by atoms with van der Waals surface area (Å²) >= 11 is 1.77. The molecule has 0 aliphatic rings. The lowest BCUT2D eigenvalue weighted by molar-refractivity contribution is 0.900. The van der Waals surface area contributed by atoms with Crippen molar-refractivity contribution in [3.8, 4) is 17.2 Å². The Hall–Kier alpha value is -5.92. The fraction of sp³-hybridized carbons (Fsp3) is 0. The summed E-state index contributed by atoms with van der Waals surface area (Å²) in [5.41, 5.74) is 4.91. The van der Waals surface area contributed by atoms with Gasteiger partial charge in [-0.05, 0) is 35.0 Å². The van der Waals surface area contributed by atoms with Crippen LogP contribution in [0.25, 0.3) is 86.6 Å². The highest BCUT2D eigenvalue weighted by Crippen LogP contribution is 2.47. The minimum absolute atomic E-state index is 0.328. The highest BCUT2D eigenvalue weighted by molar-refractivity contribution is 7.27. The molecule has 0 atom stereocenters. The Morgan fingerprint density at radius 2 is 1.20 bits per heavy atom. The molecule has 0 N–H and O–H groups in total. The summed E-state index contributed by atoms with van der Waals surface area (Å²) in [4.78, 5) is 29.1. The first kappa shape index (κ1) is 24.5. The second-order valence-corrected chi connectivity index (χ2v) is 12.3. The molecule has 7 heteroatoms. The fourth-order valence-electron chi connectivity index (χ4n) is 6.91. The van der Waals surface area contributed by atoms with E-state index in [0.717, 1.165) is 37.5 Å². The third-order valence-corrected chi connectivity index (χ3v) is 9.95. The summed E-state index contributed by atoms with van der Waals surface area (Å²) in [6, 6.07) is 43.0. The Morgan fingerprint density at radius 3 is 2.02 bits per heavy atom. The van der Waals surface area contributed by atoms with Gasteiger partial charge in [0.25, 0.3) is 0 Å². The Balaban J connectivity index is 1.44. The molecule has 6 aromatic carbocycles. The van der Waals surface area contributed by atoms with E-state index in [0.29, 0.717) is 28.3 Å². The van der Waals surface area contributed by atoms with Crippen LogP contribution >= 0.6 is 11.3 Å². The maximum absolute atomic E-state index is 14.2. The standard InChI is InChI=1S/C38H21N5OS/c44-38-41-37(40-36-33(22-12-2-1-3-13-22)39-27-18-8-10-20-29(27)43(36)38)42-28-19-9-6-16-25(28)31-23-14-4-5-15-24(23)32-26-17-7-11-21-30(26)45-35(32)34(31)42/h1-21H. The van der Waals surface area contributed by atoms with Crippen molar-refractivity contribution in [3.05, 3.63) is 138 Å². The molecule has 45 heavy (non-hydrogen) atoms. The zero-order chi connectivity index (χ0) is 29.6. The third-order valence-electron chi connectivity index (χ3n) is 8.77. The summed E-state index contributed by atoms with van der Waals surface area (Å²) in [5, 5.41) is 7.01. The normalized spacial score (nSPS) is 12.1. The fourth-order valence-corrected chi connectivity index (χ4v) is 8.17. The maximum atomic E-state index is 14.2. The van der Waals surface area contributed by atoms with Gasteiger partial charge in [-0.25, -0.2) is 14.2 Å². The van der Waals surface area contributed by atoms with Crippen molar-refractivity contribution in [2.75, 3.05) is 0 Å². The van der Waals surface area contributed by atoms with Crippen LogP contribution in [-0.4, -0.2) is 23.9 Å². The number of hydrogen-bond donors (Lipinski definition) is 0. The van der Waals surface area contributed by atoms with Gasteiger partial charge in [-0.2, -0.15) is 9.97 Å². The highest BCUT2D eigenvalue weighted by Gasteiger charge is 2.24. The molecule has 0 saturated carbocycles. The van der Waals surface area contributed by atoms with Gasteiger partial charge in [0, 0.05) is 31.8 Å². The first-order valence-electron chi connectivity index (χ1n) is 14.8. The van der Waals surface area contributed by atoms with Crippen molar-refractivity contribution in [3.63, 3.8) is 0 Å². The van der Waals surface area contributed by atoms with Crippen LogP contribution in [0.5, 0.6) is 0 Å². The van der Waals surface area contributed by atoms with Crippen LogP contribution in [-0.2, 0) is 0 Å². The highest BCUT2D eigenvalue weighted by atomic mass is 32.1. The molecule has 0 fully saturated rings. The van der Waals surface area contributed by atoms with E-state index in [4.69, 9.17) is 15.0 Å². The predicted molar refractivity (Wildman–Crippen MR) is 185 cm³/mol. The monoisotopic (exact) mass is 595 g/mol. The molecule has 4 aromatic heterocycles. The molecule has 210 valence electrons. The van der Waals surface area contributed by atoms with Gasteiger partial charge in [0.15, 0.2) is 5.65 Å². The molecule has 0 amide bonds. The van der Waals surface area contributed by atoms with Gasteiger partial charge < -0.3 is 0 Å². The molecule has 0 aliphatic carbocycles. The zero-order valence-electron chi connectivity index (χ0n) is 23.7. The summed E-state index contributed by atoms with van der Waals surface area (Å²) in [6.45, 7) is 0. The molecule has 0 aliphatic heterocycles. The average molecular weight is 596 g/mol. The summed E-state index contributed by atoms with van der Waals surface area (Å²) in [5.74, 6) is 0.328. The summed E-state index contributed by atoms with van der Waals surface area (Å²) in [6.07, 6.45) is 0. The van der Waals surface area contributed by atoms with Gasteiger partial charge in [-0.1, -0.05) is 103 Å². The summed E-state index contributed by atoms with van der Waals surface area (Å²) in [7, 11) is 0. The second kappa shape index (κ2) is 9.05. The van der Waals surface area contributed by atoms with Gasteiger partial charge >= 0.3 is 5.69 Å². The Morgan fingerprint density at radius 1 is 0.556 bits per heavy atom. The first-order chi connectivity index (χ1) is 22.3. The van der Waals surface area contributed by atoms with Crippen LogP contribution in [0.4, 0.5) is 0 Å². The van der Waals surface area contributed by atoms with Crippen LogP contribution < -0.4 is 5.69 Å². The van der Waals surface area contributed by atoms with Crippen LogP contribution in [0, 0.1) is 0 Å². The van der Waals surface area contributed by atoms with E-state index >= 15 is 0 Å². The van der Waals surface area contributed by atoms with Crippen molar-refractivity contribution in [2.45, 2.75) is 0 Å². The molecular formula is C38H21N5OS. The van der Waals surface area contributed by atoms with E-state index in [2.05, 4.69) is 71.3 Å². The number of benzene rings is 6. The lowest BCUT2D eigenvalue weighted by atomic mass is 9.99. The quantitative estimate of drug-likeness (QED) is 0.187. The Bertz CT molecular complexity index is 2900. The molecule has 0 saturated heterocycles. The number of para-hydroxylation sites is 3.